The van der Waals surface area contributed by atoms with Gasteiger partial charge in [-0.3, -0.25) is 0 Å². The van der Waals surface area contributed by atoms with Gasteiger partial charge in [-0.05, 0) is 24.8 Å². The molecular formula is C14H31NO. The molecule has 0 aromatic carbocycles. The van der Waals surface area contributed by atoms with Crippen molar-refractivity contribution in [1.29, 1.82) is 0 Å². The predicted octanol–water partition coefficient (Wildman–Crippen LogP) is 3.61. The Morgan fingerprint density at radius 1 is 0.938 bits per heavy atom. The van der Waals surface area contributed by atoms with Gasteiger partial charge in [0.25, 0.3) is 0 Å². The van der Waals surface area contributed by atoms with E-state index in [9.17, 15) is 0 Å². The second-order valence-corrected chi connectivity index (χ2v) is 5.73. The van der Waals surface area contributed by atoms with Crippen LogP contribution in [0.3, 0.4) is 0 Å². The lowest BCUT2D eigenvalue weighted by Gasteiger charge is -2.17. The Balaban J connectivity index is 2.99. The first kappa shape index (κ1) is 15.9. The topological polar surface area (TPSA) is 21.3 Å². The molecule has 0 aliphatic rings. The van der Waals surface area contributed by atoms with Crippen molar-refractivity contribution in [2.45, 2.75) is 59.8 Å². The molecule has 0 unspecified atom stereocenters. The summed E-state index contributed by atoms with van der Waals surface area (Å²) < 4.78 is 5.57. The summed E-state index contributed by atoms with van der Waals surface area (Å²) in [6, 6.07) is 0. The zero-order valence-corrected chi connectivity index (χ0v) is 11.8. The molecule has 0 fully saturated rings. The molecule has 0 aromatic rings. The van der Waals surface area contributed by atoms with Gasteiger partial charge in [-0.15, -0.1) is 0 Å². The van der Waals surface area contributed by atoms with Crippen LogP contribution in [0.1, 0.15) is 59.8 Å². The molecule has 0 spiro atoms. The average molecular weight is 229 g/mol. The van der Waals surface area contributed by atoms with Crippen molar-refractivity contribution in [2.24, 2.45) is 5.41 Å². The van der Waals surface area contributed by atoms with Crippen LogP contribution in [-0.2, 0) is 4.74 Å². The van der Waals surface area contributed by atoms with Gasteiger partial charge >= 0.3 is 0 Å². The zero-order chi connectivity index (χ0) is 12.3. The molecule has 0 saturated heterocycles. The number of hydrogen-bond donors (Lipinski definition) is 1. The molecule has 0 radical (unpaired) electrons. The van der Waals surface area contributed by atoms with Gasteiger partial charge in [0.05, 0.1) is 6.61 Å². The highest BCUT2D eigenvalue weighted by molar-refractivity contribution is 4.60. The largest absolute Gasteiger partial charge is 0.380 e. The number of unbranched alkanes of at least 4 members (excludes halogenated alkanes) is 3. The van der Waals surface area contributed by atoms with E-state index in [1.165, 1.54) is 25.7 Å². The maximum atomic E-state index is 5.57. The summed E-state index contributed by atoms with van der Waals surface area (Å²) in [6.07, 6.45) is 6.48. The monoisotopic (exact) mass is 229 g/mol. The van der Waals surface area contributed by atoms with Crippen molar-refractivity contribution in [1.82, 2.24) is 5.32 Å². The van der Waals surface area contributed by atoms with Crippen molar-refractivity contribution in [3.8, 4) is 0 Å². The van der Waals surface area contributed by atoms with Crippen LogP contribution >= 0.6 is 0 Å². The van der Waals surface area contributed by atoms with Crippen molar-refractivity contribution in [2.75, 3.05) is 26.3 Å². The summed E-state index contributed by atoms with van der Waals surface area (Å²) in [6.45, 7) is 12.9. The van der Waals surface area contributed by atoms with E-state index >= 15 is 0 Å². The third-order valence-electron chi connectivity index (χ3n) is 2.63. The maximum absolute atomic E-state index is 5.57. The van der Waals surface area contributed by atoms with E-state index in [-0.39, 0.29) is 0 Å². The highest BCUT2D eigenvalue weighted by Crippen LogP contribution is 2.17. The normalized spacial score (nSPS) is 12.0. The first-order valence-corrected chi connectivity index (χ1v) is 6.85. The smallest absolute Gasteiger partial charge is 0.0590 e. The summed E-state index contributed by atoms with van der Waals surface area (Å²) in [7, 11) is 0. The van der Waals surface area contributed by atoms with Crippen molar-refractivity contribution in [3.05, 3.63) is 0 Å². The fourth-order valence-electron chi connectivity index (χ4n) is 1.43. The molecule has 98 valence electrons. The van der Waals surface area contributed by atoms with E-state index in [4.69, 9.17) is 4.74 Å². The lowest BCUT2D eigenvalue weighted by Crippen LogP contribution is -2.21. The first-order chi connectivity index (χ1) is 7.56. The Kier molecular flexibility index (Phi) is 10.0. The first-order valence-electron chi connectivity index (χ1n) is 6.85. The van der Waals surface area contributed by atoms with E-state index < -0.39 is 0 Å². The maximum Gasteiger partial charge on any atom is 0.0590 e. The molecule has 0 aliphatic carbocycles. The van der Waals surface area contributed by atoms with Crippen LogP contribution in [0, 0.1) is 5.41 Å². The molecule has 0 heterocycles. The summed E-state index contributed by atoms with van der Waals surface area (Å²) in [5.41, 5.74) is 0.396. The summed E-state index contributed by atoms with van der Waals surface area (Å²) in [4.78, 5) is 0. The standard InChI is InChI=1S/C14H31NO/c1-5-6-7-8-10-15-11-13-16-12-9-14(2,3)4/h15H,5-13H2,1-4H3. The minimum absolute atomic E-state index is 0.396. The molecular weight excluding hydrogens is 198 g/mol. The molecule has 1 N–H and O–H groups in total. The van der Waals surface area contributed by atoms with Crippen LogP contribution in [-0.4, -0.2) is 26.3 Å². The quantitative estimate of drug-likeness (QED) is 0.578. The van der Waals surface area contributed by atoms with Crippen LogP contribution in [0.2, 0.25) is 0 Å². The predicted molar refractivity (Wildman–Crippen MR) is 71.9 cm³/mol. The van der Waals surface area contributed by atoms with Gasteiger partial charge in [-0.1, -0.05) is 47.0 Å². The Morgan fingerprint density at radius 2 is 1.69 bits per heavy atom. The number of ether oxygens (including phenoxy) is 1. The molecule has 0 aromatic heterocycles. The van der Waals surface area contributed by atoms with E-state index in [1.54, 1.807) is 0 Å². The van der Waals surface area contributed by atoms with Crippen LogP contribution in [0.25, 0.3) is 0 Å². The molecule has 0 aliphatic heterocycles. The van der Waals surface area contributed by atoms with E-state index in [0.29, 0.717) is 5.41 Å². The molecule has 0 saturated carbocycles. The zero-order valence-electron chi connectivity index (χ0n) is 11.8. The highest BCUT2D eigenvalue weighted by atomic mass is 16.5. The van der Waals surface area contributed by atoms with Gasteiger partial charge in [0.2, 0.25) is 0 Å². The van der Waals surface area contributed by atoms with Crippen LogP contribution in [0.4, 0.5) is 0 Å². The summed E-state index contributed by atoms with van der Waals surface area (Å²) in [5.74, 6) is 0. The van der Waals surface area contributed by atoms with Crippen molar-refractivity contribution >= 4 is 0 Å². The minimum atomic E-state index is 0.396. The minimum Gasteiger partial charge on any atom is -0.380 e. The molecule has 0 bridgehead atoms. The van der Waals surface area contributed by atoms with Gasteiger partial charge in [0.15, 0.2) is 0 Å². The summed E-state index contributed by atoms with van der Waals surface area (Å²) in [5, 5.41) is 3.42. The van der Waals surface area contributed by atoms with Crippen molar-refractivity contribution in [3.63, 3.8) is 0 Å². The van der Waals surface area contributed by atoms with Gasteiger partial charge in [0, 0.05) is 13.2 Å². The van der Waals surface area contributed by atoms with Crippen LogP contribution in [0.5, 0.6) is 0 Å². The van der Waals surface area contributed by atoms with E-state index in [2.05, 4.69) is 33.0 Å². The number of hydrogen-bond acceptors (Lipinski definition) is 2. The number of rotatable bonds is 10. The molecule has 2 heteroatoms. The van der Waals surface area contributed by atoms with Crippen LogP contribution < -0.4 is 5.32 Å². The van der Waals surface area contributed by atoms with Gasteiger partial charge in [-0.25, -0.2) is 0 Å². The average Bonchev–Trinajstić information content (AvgIpc) is 2.19. The Labute approximate surface area is 102 Å². The van der Waals surface area contributed by atoms with Gasteiger partial charge in [0.1, 0.15) is 0 Å². The lowest BCUT2D eigenvalue weighted by atomic mass is 9.93. The molecule has 0 rings (SSSR count). The Hall–Kier alpha value is -0.0800. The molecule has 16 heavy (non-hydrogen) atoms. The highest BCUT2D eigenvalue weighted by Gasteiger charge is 2.08. The Bertz CT molecular complexity index is 140. The third kappa shape index (κ3) is 13.9. The number of nitrogens with one attached hydrogen (secondary N) is 1. The molecule has 2 nitrogen and oxygen atoms in total. The van der Waals surface area contributed by atoms with Gasteiger partial charge in [-0.2, -0.15) is 0 Å². The van der Waals surface area contributed by atoms with Gasteiger partial charge < -0.3 is 10.1 Å². The second-order valence-electron chi connectivity index (χ2n) is 5.73. The lowest BCUT2D eigenvalue weighted by molar-refractivity contribution is 0.110. The SMILES string of the molecule is CCCCCCNCCOCCC(C)(C)C. The van der Waals surface area contributed by atoms with E-state index in [1.807, 2.05) is 0 Å². The molecule has 0 atom stereocenters. The van der Waals surface area contributed by atoms with Crippen molar-refractivity contribution < 1.29 is 4.74 Å². The third-order valence-corrected chi connectivity index (χ3v) is 2.63. The molecule has 0 amide bonds. The second kappa shape index (κ2) is 10.1. The van der Waals surface area contributed by atoms with E-state index in [0.717, 1.165) is 32.7 Å². The Morgan fingerprint density at radius 3 is 2.31 bits per heavy atom. The van der Waals surface area contributed by atoms with Crippen LogP contribution in [0.15, 0.2) is 0 Å². The summed E-state index contributed by atoms with van der Waals surface area (Å²) >= 11 is 0. The fourth-order valence-corrected chi connectivity index (χ4v) is 1.43. The fraction of sp³-hybridized carbons (Fsp3) is 1.00.